The highest BCUT2D eigenvalue weighted by atomic mass is 127. The van der Waals surface area contributed by atoms with Gasteiger partial charge in [0.05, 0.1) is 5.52 Å². The van der Waals surface area contributed by atoms with Crippen LogP contribution in [0.1, 0.15) is 5.56 Å². The van der Waals surface area contributed by atoms with Gasteiger partial charge in [0.2, 0.25) is 0 Å². The number of halogens is 1. The molecule has 0 aliphatic carbocycles. The molecule has 0 aliphatic heterocycles. The van der Waals surface area contributed by atoms with Crippen LogP contribution >= 0.6 is 22.6 Å². The summed E-state index contributed by atoms with van der Waals surface area (Å²) in [6.07, 6.45) is 1.67. The molecule has 0 unspecified atom stereocenters. The van der Waals surface area contributed by atoms with Crippen molar-refractivity contribution in [2.75, 3.05) is 4.72 Å². The summed E-state index contributed by atoms with van der Waals surface area (Å²) in [5.74, 6) is 0. The number of nitrogens with one attached hydrogen (secondary N) is 1. The summed E-state index contributed by atoms with van der Waals surface area (Å²) in [6, 6.07) is 14.3. The lowest BCUT2D eigenvalue weighted by molar-refractivity contribution is 0.602. The Morgan fingerprint density at radius 3 is 2.64 bits per heavy atom. The van der Waals surface area contributed by atoms with Gasteiger partial charge in [-0.05, 0) is 65.4 Å². The van der Waals surface area contributed by atoms with Crippen molar-refractivity contribution in [3.8, 4) is 0 Å². The fraction of sp³-hybridized carbons (Fsp3) is 0.0625. The lowest BCUT2D eigenvalue weighted by atomic mass is 10.2. The van der Waals surface area contributed by atoms with E-state index in [9.17, 15) is 8.42 Å². The standard InChI is InChI=1S/C16H13IN2O2S/c1-11-8-12-4-2-7-15(16(12)18-10-11)22(20,21)19-14-6-3-5-13(17)9-14/h2-10,19H,1H3. The second-order valence-corrected chi connectivity index (χ2v) is 7.85. The average molecular weight is 424 g/mol. The number of nitrogens with zero attached hydrogens (tertiary/aromatic N) is 1. The predicted molar refractivity (Wildman–Crippen MR) is 96.4 cm³/mol. The Morgan fingerprint density at radius 2 is 1.86 bits per heavy atom. The first-order valence-electron chi connectivity index (χ1n) is 6.59. The van der Waals surface area contributed by atoms with Gasteiger partial charge in [-0.25, -0.2) is 8.42 Å². The van der Waals surface area contributed by atoms with Gasteiger partial charge >= 0.3 is 0 Å². The molecule has 0 saturated carbocycles. The number of rotatable bonds is 3. The fourth-order valence-electron chi connectivity index (χ4n) is 2.22. The number of aryl methyl sites for hydroxylation is 1. The molecule has 2 aromatic carbocycles. The molecule has 1 aromatic heterocycles. The van der Waals surface area contributed by atoms with E-state index in [1.807, 2.05) is 31.2 Å². The maximum atomic E-state index is 12.7. The second kappa shape index (κ2) is 5.85. The molecule has 1 heterocycles. The van der Waals surface area contributed by atoms with Crippen molar-refractivity contribution >= 4 is 49.2 Å². The molecule has 0 saturated heterocycles. The Labute approximate surface area is 142 Å². The zero-order valence-electron chi connectivity index (χ0n) is 11.7. The molecule has 3 rings (SSSR count). The van der Waals surface area contributed by atoms with Crippen LogP contribution < -0.4 is 4.72 Å². The molecule has 22 heavy (non-hydrogen) atoms. The number of fused-ring (bicyclic) bond motifs is 1. The zero-order chi connectivity index (χ0) is 15.7. The van der Waals surface area contributed by atoms with Gasteiger partial charge in [0, 0.05) is 20.8 Å². The van der Waals surface area contributed by atoms with Crippen LogP contribution in [0.3, 0.4) is 0 Å². The molecule has 1 N–H and O–H groups in total. The Hall–Kier alpha value is -1.67. The Morgan fingerprint density at radius 1 is 1.09 bits per heavy atom. The first-order valence-corrected chi connectivity index (χ1v) is 9.16. The van der Waals surface area contributed by atoms with Crippen LogP contribution in [0, 0.1) is 10.5 Å². The third-order valence-corrected chi connectivity index (χ3v) is 5.26. The van der Waals surface area contributed by atoms with Crippen molar-refractivity contribution in [3.63, 3.8) is 0 Å². The maximum Gasteiger partial charge on any atom is 0.264 e. The van der Waals surface area contributed by atoms with Gasteiger partial charge in [0.1, 0.15) is 4.90 Å². The SMILES string of the molecule is Cc1cnc2c(S(=O)(=O)Nc3cccc(I)c3)cccc2c1. The third-order valence-electron chi connectivity index (χ3n) is 3.18. The number of para-hydroxylation sites is 1. The predicted octanol–water partition coefficient (Wildman–Crippen LogP) is 3.95. The largest absolute Gasteiger partial charge is 0.280 e. The van der Waals surface area contributed by atoms with Gasteiger partial charge in [-0.3, -0.25) is 9.71 Å². The van der Waals surface area contributed by atoms with E-state index >= 15 is 0 Å². The molecule has 0 aliphatic rings. The van der Waals surface area contributed by atoms with Gasteiger partial charge in [0.15, 0.2) is 0 Å². The Bertz CT molecular complexity index is 955. The van der Waals surface area contributed by atoms with E-state index in [4.69, 9.17) is 0 Å². The van der Waals surface area contributed by atoms with E-state index in [-0.39, 0.29) is 4.90 Å². The molecule has 0 fully saturated rings. The number of hydrogen-bond donors (Lipinski definition) is 1. The normalized spacial score (nSPS) is 11.5. The molecule has 0 bridgehead atoms. The van der Waals surface area contributed by atoms with Gasteiger partial charge < -0.3 is 0 Å². The minimum Gasteiger partial charge on any atom is -0.280 e. The Balaban J connectivity index is 2.09. The molecule has 0 amide bonds. The van der Waals surface area contributed by atoms with Crippen molar-refractivity contribution in [2.45, 2.75) is 11.8 Å². The van der Waals surface area contributed by atoms with Crippen LogP contribution in [0.15, 0.2) is 59.6 Å². The highest BCUT2D eigenvalue weighted by Gasteiger charge is 2.18. The van der Waals surface area contributed by atoms with Crippen molar-refractivity contribution in [3.05, 3.63) is 63.9 Å². The van der Waals surface area contributed by atoms with Crippen molar-refractivity contribution < 1.29 is 8.42 Å². The summed E-state index contributed by atoms with van der Waals surface area (Å²) in [7, 11) is -3.69. The molecule has 6 heteroatoms. The summed E-state index contributed by atoms with van der Waals surface area (Å²) in [6.45, 7) is 1.93. The van der Waals surface area contributed by atoms with Crippen LogP contribution in [0.4, 0.5) is 5.69 Å². The molecule has 3 aromatic rings. The van der Waals surface area contributed by atoms with Gasteiger partial charge in [-0.2, -0.15) is 0 Å². The van der Waals surface area contributed by atoms with Crippen molar-refractivity contribution in [1.29, 1.82) is 0 Å². The molecule has 0 atom stereocenters. The number of aromatic nitrogens is 1. The number of anilines is 1. The van der Waals surface area contributed by atoms with E-state index in [1.54, 1.807) is 30.5 Å². The van der Waals surface area contributed by atoms with Crippen molar-refractivity contribution in [1.82, 2.24) is 4.98 Å². The molecule has 4 nitrogen and oxygen atoms in total. The number of benzene rings is 2. The lowest BCUT2D eigenvalue weighted by Gasteiger charge is -2.10. The van der Waals surface area contributed by atoms with Crippen molar-refractivity contribution in [2.24, 2.45) is 0 Å². The smallest absolute Gasteiger partial charge is 0.264 e. The van der Waals surface area contributed by atoms with E-state index in [2.05, 4.69) is 32.3 Å². The minimum absolute atomic E-state index is 0.184. The van der Waals surface area contributed by atoms with Crippen LogP contribution in [0.5, 0.6) is 0 Å². The number of pyridine rings is 1. The molecule has 112 valence electrons. The maximum absolute atomic E-state index is 12.7. The van der Waals surface area contributed by atoms with E-state index < -0.39 is 10.0 Å². The second-order valence-electron chi connectivity index (χ2n) is 4.96. The lowest BCUT2D eigenvalue weighted by Crippen LogP contribution is -2.13. The summed E-state index contributed by atoms with van der Waals surface area (Å²) in [4.78, 5) is 4.47. The molecular formula is C16H13IN2O2S. The summed E-state index contributed by atoms with van der Waals surface area (Å²) in [5, 5.41) is 0.811. The molecule has 0 spiro atoms. The van der Waals surface area contributed by atoms with E-state index in [1.165, 1.54) is 0 Å². The van der Waals surface area contributed by atoms with Gasteiger partial charge in [0.25, 0.3) is 10.0 Å². The topological polar surface area (TPSA) is 59.1 Å². The first kappa shape index (κ1) is 15.2. The highest BCUT2D eigenvalue weighted by Crippen LogP contribution is 2.24. The molecular weight excluding hydrogens is 411 g/mol. The fourth-order valence-corrected chi connectivity index (χ4v) is 3.99. The zero-order valence-corrected chi connectivity index (χ0v) is 14.7. The monoisotopic (exact) mass is 424 g/mol. The summed E-state index contributed by atoms with van der Waals surface area (Å²) < 4.78 is 28.9. The Kier molecular flexibility index (Phi) is 4.05. The van der Waals surface area contributed by atoms with Crippen LogP contribution in [0.25, 0.3) is 10.9 Å². The number of hydrogen-bond acceptors (Lipinski definition) is 3. The quantitative estimate of drug-likeness (QED) is 0.648. The third kappa shape index (κ3) is 3.07. The van der Waals surface area contributed by atoms with E-state index in [0.717, 1.165) is 14.5 Å². The van der Waals surface area contributed by atoms with Crippen LogP contribution in [-0.2, 0) is 10.0 Å². The minimum atomic E-state index is -3.69. The summed E-state index contributed by atoms with van der Waals surface area (Å²) >= 11 is 2.14. The number of sulfonamides is 1. The summed E-state index contributed by atoms with van der Waals surface area (Å²) in [5.41, 5.74) is 2.01. The highest BCUT2D eigenvalue weighted by molar-refractivity contribution is 14.1. The molecule has 0 radical (unpaired) electrons. The van der Waals surface area contributed by atoms with Crippen LogP contribution in [0.2, 0.25) is 0 Å². The van der Waals surface area contributed by atoms with E-state index in [0.29, 0.717) is 11.2 Å². The van der Waals surface area contributed by atoms with Gasteiger partial charge in [-0.15, -0.1) is 0 Å². The van der Waals surface area contributed by atoms with Gasteiger partial charge in [-0.1, -0.05) is 18.2 Å². The first-order chi connectivity index (χ1) is 10.5. The average Bonchev–Trinajstić information content (AvgIpc) is 2.45. The van der Waals surface area contributed by atoms with Crippen LogP contribution in [-0.4, -0.2) is 13.4 Å².